The lowest BCUT2D eigenvalue weighted by Crippen LogP contribution is -2.30. The van der Waals surface area contributed by atoms with Crippen molar-refractivity contribution in [3.8, 4) is 44.5 Å². The van der Waals surface area contributed by atoms with Gasteiger partial charge in [-0.3, -0.25) is 0 Å². The molecular weight excluding hydrogens is 692 g/mol. The van der Waals surface area contributed by atoms with E-state index in [-0.39, 0.29) is 11.3 Å². The molecule has 3 aliphatic carbocycles. The Morgan fingerprint density at radius 1 is 0.577 bits per heavy atom. The molecular formula is C51H35Br. The topological polar surface area (TPSA) is 0 Å². The maximum Gasteiger partial charge on any atom is 0.0678 e. The van der Waals surface area contributed by atoms with E-state index in [0.717, 1.165) is 34.9 Å². The zero-order chi connectivity index (χ0) is 34.6. The fourth-order valence-corrected chi connectivity index (χ4v) is 9.47. The van der Waals surface area contributed by atoms with Crippen LogP contribution in [-0.4, -0.2) is 0 Å². The van der Waals surface area contributed by atoms with Gasteiger partial charge < -0.3 is 0 Å². The standard InChI is InChI=1S/C51H35Br/c52-41-26-23-35(24-27-41)36-12-11-13-37(32-36)38-25-29-44-47(42-18-7-8-19-43(42)48(44)33-38)30-34-22-28-46-45-20-9-10-21-49(45)51(50(46)31-34,39-14-3-1-4-15-39)40-16-5-2-6-17-40/h1-5,7-16,18-23,25-26,28-29,31-33,47H,6,17,30H2/t47-,51?/m1/s1. The van der Waals surface area contributed by atoms with Crippen LogP contribution in [0.25, 0.3) is 44.5 Å². The van der Waals surface area contributed by atoms with Crippen LogP contribution in [0.4, 0.5) is 0 Å². The zero-order valence-electron chi connectivity index (χ0n) is 28.7. The third-order valence-electron chi connectivity index (χ3n) is 11.5. The molecule has 0 heterocycles. The number of hydrogen-bond donors (Lipinski definition) is 0. The summed E-state index contributed by atoms with van der Waals surface area (Å²) in [6, 6.07) is 63.2. The molecule has 10 rings (SSSR count). The lowest BCUT2D eigenvalue weighted by atomic mass is 9.65. The van der Waals surface area contributed by atoms with E-state index in [1.165, 1.54) is 72.3 Å². The molecule has 0 N–H and O–H groups in total. The fraction of sp³-hybridized carbons (Fsp3) is 0.0980. The molecule has 0 amide bonds. The average molecular weight is 728 g/mol. The molecule has 0 spiro atoms. The second kappa shape index (κ2) is 12.5. The SMILES string of the molecule is Brc1c#cc(-c2cccc(-c3ccc4c(c3)-c3ccccc3[C@H]4Cc3ccc4c(c3)C(C3=CC=CCC3)(c3ccccc3)c3ccccc3-4)c2)cc1. The predicted molar refractivity (Wildman–Crippen MR) is 218 cm³/mol. The Morgan fingerprint density at radius 2 is 1.35 bits per heavy atom. The lowest BCUT2D eigenvalue weighted by Gasteiger charge is -2.37. The second-order valence-corrected chi connectivity index (χ2v) is 15.1. The van der Waals surface area contributed by atoms with Crippen LogP contribution in [0.15, 0.2) is 180 Å². The number of allylic oxidation sites excluding steroid dienone is 4. The van der Waals surface area contributed by atoms with E-state index >= 15 is 0 Å². The van der Waals surface area contributed by atoms with E-state index < -0.39 is 0 Å². The third kappa shape index (κ3) is 4.90. The van der Waals surface area contributed by atoms with E-state index in [4.69, 9.17) is 0 Å². The first kappa shape index (κ1) is 31.1. The molecule has 0 aliphatic heterocycles. The van der Waals surface area contributed by atoms with Gasteiger partial charge in [-0.2, -0.15) is 0 Å². The first-order chi connectivity index (χ1) is 25.7. The quantitative estimate of drug-likeness (QED) is 0.160. The van der Waals surface area contributed by atoms with E-state index in [0.29, 0.717) is 0 Å². The Kier molecular flexibility index (Phi) is 7.49. The third-order valence-corrected chi connectivity index (χ3v) is 12.0. The van der Waals surface area contributed by atoms with Gasteiger partial charge >= 0.3 is 0 Å². The highest BCUT2D eigenvalue weighted by atomic mass is 79.9. The van der Waals surface area contributed by atoms with Crippen LogP contribution in [0.2, 0.25) is 0 Å². The summed E-state index contributed by atoms with van der Waals surface area (Å²) in [6.07, 6.45) is 10.0. The molecule has 7 aromatic carbocycles. The Hall–Kier alpha value is -5.68. The van der Waals surface area contributed by atoms with Crippen molar-refractivity contribution in [3.63, 3.8) is 0 Å². The molecule has 1 unspecified atom stereocenters. The second-order valence-electron chi connectivity index (χ2n) is 14.3. The monoisotopic (exact) mass is 726 g/mol. The van der Waals surface area contributed by atoms with Crippen molar-refractivity contribution < 1.29 is 0 Å². The van der Waals surface area contributed by atoms with Crippen LogP contribution < -0.4 is 0 Å². The molecule has 2 atom stereocenters. The first-order valence-electron chi connectivity index (χ1n) is 18.3. The number of halogens is 1. The normalized spacial score (nSPS) is 17.8. The van der Waals surface area contributed by atoms with Gasteiger partial charge in [0.15, 0.2) is 0 Å². The molecule has 3 aliphatic rings. The van der Waals surface area contributed by atoms with E-state index in [1.807, 2.05) is 6.07 Å². The van der Waals surface area contributed by atoms with Crippen molar-refractivity contribution in [2.24, 2.45) is 0 Å². The van der Waals surface area contributed by atoms with Crippen molar-refractivity contribution in [2.75, 3.05) is 0 Å². The number of hydrogen-bond acceptors (Lipinski definition) is 0. The van der Waals surface area contributed by atoms with Crippen molar-refractivity contribution in [3.05, 3.63) is 225 Å². The highest BCUT2D eigenvalue weighted by Gasteiger charge is 2.47. The fourth-order valence-electron chi connectivity index (χ4n) is 9.24. The first-order valence-corrected chi connectivity index (χ1v) is 19.1. The van der Waals surface area contributed by atoms with Gasteiger partial charge in [0.1, 0.15) is 0 Å². The Labute approximate surface area is 315 Å². The molecule has 0 nitrogen and oxygen atoms in total. The Bertz CT molecular complexity index is 2550. The van der Waals surface area contributed by atoms with Crippen LogP contribution in [0.1, 0.15) is 52.1 Å². The number of rotatable bonds is 6. The minimum absolute atomic E-state index is 0.282. The molecule has 52 heavy (non-hydrogen) atoms. The Morgan fingerprint density at radius 3 is 2.19 bits per heavy atom. The summed E-state index contributed by atoms with van der Waals surface area (Å²) in [6.45, 7) is 0. The molecule has 7 aromatic rings. The lowest BCUT2D eigenvalue weighted by molar-refractivity contribution is 0.690. The average Bonchev–Trinajstić information content (AvgIpc) is 3.68. The van der Waals surface area contributed by atoms with Crippen LogP contribution in [-0.2, 0) is 11.8 Å². The van der Waals surface area contributed by atoms with Crippen molar-refractivity contribution in [2.45, 2.75) is 30.6 Å². The summed E-state index contributed by atoms with van der Waals surface area (Å²) in [4.78, 5) is 0. The highest BCUT2D eigenvalue weighted by Crippen LogP contribution is 2.58. The summed E-state index contributed by atoms with van der Waals surface area (Å²) in [7, 11) is 0. The van der Waals surface area contributed by atoms with Gasteiger partial charge in [-0.15, -0.1) is 0 Å². The van der Waals surface area contributed by atoms with E-state index in [1.54, 1.807) is 0 Å². The summed E-state index contributed by atoms with van der Waals surface area (Å²) in [5.74, 6) is 0.282. The molecule has 246 valence electrons. The van der Waals surface area contributed by atoms with Gasteiger partial charge in [-0.05, 0) is 132 Å². The van der Waals surface area contributed by atoms with E-state index in [9.17, 15) is 0 Å². The summed E-state index contributed by atoms with van der Waals surface area (Å²) in [5.41, 5.74) is 19.6. The smallest absolute Gasteiger partial charge is 0.0678 e. The largest absolute Gasteiger partial charge is 0.0842 e. The van der Waals surface area contributed by atoms with Crippen LogP contribution in [0.5, 0.6) is 0 Å². The maximum absolute atomic E-state index is 3.50. The van der Waals surface area contributed by atoms with Crippen molar-refractivity contribution >= 4 is 15.9 Å². The van der Waals surface area contributed by atoms with Gasteiger partial charge in [0.05, 0.1) is 9.89 Å². The minimum Gasteiger partial charge on any atom is -0.0842 e. The summed E-state index contributed by atoms with van der Waals surface area (Å²) < 4.78 is 0.916. The van der Waals surface area contributed by atoms with Crippen LogP contribution >= 0.6 is 15.9 Å². The molecule has 0 saturated heterocycles. The van der Waals surface area contributed by atoms with Crippen LogP contribution in [0.3, 0.4) is 0 Å². The number of benzene rings is 6. The van der Waals surface area contributed by atoms with E-state index in [2.05, 4.69) is 192 Å². The molecule has 0 bridgehead atoms. The van der Waals surface area contributed by atoms with Gasteiger partial charge in [0, 0.05) is 11.5 Å². The maximum atomic E-state index is 3.50. The summed E-state index contributed by atoms with van der Waals surface area (Å²) in [5, 5.41) is 0. The van der Waals surface area contributed by atoms with Gasteiger partial charge in [0.2, 0.25) is 0 Å². The van der Waals surface area contributed by atoms with Gasteiger partial charge in [-0.25, -0.2) is 0 Å². The molecule has 0 aromatic heterocycles. The highest BCUT2D eigenvalue weighted by molar-refractivity contribution is 9.10. The van der Waals surface area contributed by atoms with Crippen LogP contribution in [0, 0.1) is 12.1 Å². The summed E-state index contributed by atoms with van der Waals surface area (Å²) >= 11 is 3.50. The molecule has 0 fully saturated rings. The van der Waals surface area contributed by atoms with Gasteiger partial charge in [-0.1, -0.05) is 163 Å². The minimum atomic E-state index is -0.311. The molecule has 0 saturated carbocycles. The Balaban J connectivity index is 1.07. The van der Waals surface area contributed by atoms with Crippen molar-refractivity contribution in [1.82, 2.24) is 0 Å². The molecule has 1 heteroatoms. The predicted octanol–water partition coefficient (Wildman–Crippen LogP) is 13.3. The number of fused-ring (bicyclic) bond motifs is 6. The van der Waals surface area contributed by atoms with Gasteiger partial charge in [0.25, 0.3) is 0 Å². The molecule has 0 radical (unpaired) electrons. The van der Waals surface area contributed by atoms with Crippen molar-refractivity contribution in [1.29, 1.82) is 0 Å². The zero-order valence-corrected chi connectivity index (χ0v) is 30.3.